The van der Waals surface area contributed by atoms with E-state index in [-0.39, 0.29) is 0 Å². The van der Waals surface area contributed by atoms with Crippen molar-refractivity contribution in [1.29, 1.82) is 0 Å². The number of rotatable bonds is 2. The molecule has 0 saturated carbocycles. The molecule has 0 bridgehead atoms. The Morgan fingerprint density at radius 2 is 2.35 bits per heavy atom. The number of anilines is 1. The summed E-state index contributed by atoms with van der Waals surface area (Å²) >= 11 is 0. The van der Waals surface area contributed by atoms with Crippen LogP contribution >= 0.6 is 0 Å². The van der Waals surface area contributed by atoms with Crippen LogP contribution < -0.4 is 4.90 Å². The molecule has 1 N–H and O–H groups in total. The number of aromatic amines is 1. The van der Waals surface area contributed by atoms with Gasteiger partial charge in [-0.2, -0.15) is 5.10 Å². The molecule has 3 rings (SSSR count). The lowest BCUT2D eigenvalue weighted by atomic mass is 10.2. The molecule has 1 aliphatic rings. The van der Waals surface area contributed by atoms with Crippen LogP contribution in [-0.2, 0) is 6.42 Å². The summed E-state index contributed by atoms with van der Waals surface area (Å²) in [6.07, 6.45) is 5.03. The minimum atomic E-state index is 0.563. The van der Waals surface area contributed by atoms with Gasteiger partial charge in [-0.1, -0.05) is 6.92 Å². The summed E-state index contributed by atoms with van der Waals surface area (Å²) in [7, 11) is 0. The molecule has 1 saturated heterocycles. The topological polar surface area (TPSA) is 57.7 Å². The molecule has 5 nitrogen and oxygen atoms in total. The third kappa shape index (κ3) is 1.57. The van der Waals surface area contributed by atoms with Gasteiger partial charge >= 0.3 is 0 Å². The Morgan fingerprint density at radius 3 is 3.06 bits per heavy atom. The number of H-pyrrole nitrogens is 1. The molecule has 1 fully saturated rings. The standard InChI is InChI=1S/C12H17N5/c1-3-9-10-11(16-15-9)13-7-14-12(10)17-6-4-5-8(17)2/h7-8H,3-6H2,1-2H3,(H,13,14,15,16)/t8-/m1/s1. The zero-order valence-electron chi connectivity index (χ0n) is 10.3. The first-order chi connectivity index (χ1) is 8.31. The number of hydrogen-bond acceptors (Lipinski definition) is 4. The summed E-state index contributed by atoms with van der Waals surface area (Å²) in [5.74, 6) is 1.05. The Morgan fingerprint density at radius 1 is 1.47 bits per heavy atom. The van der Waals surface area contributed by atoms with Crippen molar-refractivity contribution in [3.05, 3.63) is 12.0 Å². The van der Waals surface area contributed by atoms with Crippen molar-refractivity contribution >= 4 is 16.9 Å². The third-order valence-corrected chi connectivity index (χ3v) is 3.58. The number of nitrogens with one attached hydrogen (secondary N) is 1. The predicted octanol–water partition coefficient (Wildman–Crippen LogP) is 1.90. The van der Waals surface area contributed by atoms with Gasteiger partial charge < -0.3 is 4.90 Å². The van der Waals surface area contributed by atoms with E-state index >= 15 is 0 Å². The van der Waals surface area contributed by atoms with Crippen LogP contribution in [0.3, 0.4) is 0 Å². The van der Waals surface area contributed by atoms with Gasteiger partial charge in [0.2, 0.25) is 0 Å². The fourth-order valence-corrected chi connectivity index (χ4v) is 2.62. The van der Waals surface area contributed by atoms with E-state index in [0.29, 0.717) is 6.04 Å². The van der Waals surface area contributed by atoms with Crippen LogP contribution in [0.5, 0.6) is 0 Å². The van der Waals surface area contributed by atoms with Gasteiger partial charge in [0.25, 0.3) is 0 Å². The molecule has 5 heteroatoms. The average molecular weight is 231 g/mol. The molecule has 2 aromatic rings. The van der Waals surface area contributed by atoms with E-state index in [1.165, 1.54) is 12.8 Å². The Labute approximate surface area is 100 Å². The van der Waals surface area contributed by atoms with Crippen LogP contribution in [0, 0.1) is 0 Å². The molecule has 2 aromatic heterocycles. The molecule has 0 aromatic carbocycles. The Bertz CT molecular complexity index is 533. The summed E-state index contributed by atoms with van der Waals surface area (Å²) in [5.41, 5.74) is 1.92. The lowest BCUT2D eigenvalue weighted by molar-refractivity contribution is 0.728. The van der Waals surface area contributed by atoms with E-state index in [0.717, 1.165) is 35.5 Å². The molecule has 90 valence electrons. The molecular weight excluding hydrogens is 214 g/mol. The van der Waals surface area contributed by atoms with Crippen molar-refractivity contribution in [2.45, 2.75) is 39.2 Å². The number of hydrogen-bond donors (Lipinski definition) is 1. The van der Waals surface area contributed by atoms with Crippen LogP contribution in [0.15, 0.2) is 6.33 Å². The second kappa shape index (κ2) is 3.98. The summed E-state index contributed by atoms with van der Waals surface area (Å²) < 4.78 is 0. The minimum absolute atomic E-state index is 0.563. The van der Waals surface area contributed by atoms with E-state index in [4.69, 9.17) is 0 Å². The van der Waals surface area contributed by atoms with Gasteiger partial charge in [-0.05, 0) is 26.2 Å². The highest BCUT2D eigenvalue weighted by atomic mass is 15.2. The van der Waals surface area contributed by atoms with Gasteiger partial charge in [0.05, 0.1) is 5.39 Å². The zero-order valence-corrected chi connectivity index (χ0v) is 10.3. The Hall–Kier alpha value is -1.65. The molecule has 0 radical (unpaired) electrons. The fraction of sp³-hybridized carbons (Fsp3) is 0.583. The molecule has 1 atom stereocenters. The SMILES string of the molecule is CCc1[nH]nc2ncnc(N3CCC[C@H]3C)c12. The predicted molar refractivity (Wildman–Crippen MR) is 67.1 cm³/mol. The lowest BCUT2D eigenvalue weighted by Crippen LogP contribution is -2.27. The normalized spacial score (nSPS) is 20.4. The monoisotopic (exact) mass is 231 g/mol. The number of nitrogens with zero attached hydrogens (tertiary/aromatic N) is 4. The average Bonchev–Trinajstić information content (AvgIpc) is 2.94. The van der Waals surface area contributed by atoms with Crippen molar-refractivity contribution in [1.82, 2.24) is 20.2 Å². The van der Waals surface area contributed by atoms with Crippen LogP contribution in [0.2, 0.25) is 0 Å². The lowest BCUT2D eigenvalue weighted by Gasteiger charge is -2.23. The largest absolute Gasteiger partial charge is 0.353 e. The van der Waals surface area contributed by atoms with Gasteiger partial charge in [-0.3, -0.25) is 5.10 Å². The van der Waals surface area contributed by atoms with E-state index in [1.54, 1.807) is 6.33 Å². The van der Waals surface area contributed by atoms with Crippen LogP contribution in [0.1, 0.15) is 32.4 Å². The first-order valence-corrected chi connectivity index (χ1v) is 6.26. The van der Waals surface area contributed by atoms with Gasteiger partial charge in [0.1, 0.15) is 12.1 Å². The van der Waals surface area contributed by atoms with Crippen LogP contribution in [-0.4, -0.2) is 32.8 Å². The highest BCUT2D eigenvalue weighted by molar-refractivity contribution is 5.89. The highest BCUT2D eigenvalue weighted by Gasteiger charge is 2.25. The fourth-order valence-electron chi connectivity index (χ4n) is 2.62. The van der Waals surface area contributed by atoms with Crippen molar-refractivity contribution in [3.63, 3.8) is 0 Å². The van der Waals surface area contributed by atoms with Crippen molar-refractivity contribution in [2.75, 3.05) is 11.4 Å². The van der Waals surface area contributed by atoms with Crippen molar-refractivity contribution in [3.8, 4) is 0 Å². The van der Waals surface area contributed by atoms with Crippen molar-refractivity contribution in [2.24, 2.45) is 0 Å². The van der Waals surface area contributed by atoms with E-state index < -0.39 is 0 Å². The molecule has 1 aliphatic heterocycles. The summed E-state index contributed by atoms with van der Waals surface area (Å²) in [6, 6.07) is 0.563. The van der Waals surface area contributed by atoms with E-state index in [2.05, 4.69) is 38.9 Å². The van der Waals surface area contributed by atoms with Gasteiger partial charge in [-0.25, -0.2) is 9.97 Å². The maximum atomic E-state index is 4.47. The first kappa shape index (κ1) is 10.5. The third-order valence-electron chi connectivity index (χ3n) is 3.58. The van der Waals surface area contributed by atoms with Crippen LogP contribution in [0.25, 0.3) is 11.0 Å². The quantitative estimate of drug-likeness (QED) is 0.857. The number of fused-ring (bicyclic) bond motifs is 1. The second-order valence-corrected chi connectivity index (χ2v) is 4.64. The Balaban J connectivity index is 2.17. The van der Waals surface area contributed by atoms with E-state index in [9.17, 15) is 0 Å². The summed E-state index contributed by atoms with van der Waals surface area (Å²) in [4.78, 5) is 11.1. The number of aromatic nitrogens is 4. The molecule has 0 spiro atoms. The molecule has 0 aliphatic carbocycles. The highest BCUT2D eigenvalue weighted by Crippen LogP contribution is 2.30. The van der Waals surface area contributed by atoms with Gasteiger partial charge in [0, 0.05) is 18.3 Å². The minimum Gasteiger partial charge on any atom is -0.353 e. The first-order valence-electron chi connectivity index (χ1n) is 6.26. The number of aryl methyl sites for hydroxylation is 1. The van der Waals surface area contributed by atoms with Gasteiger partial charge in [-0.15, -0.1) is 0 Å². The Kier molecular flexibility index (Phi) is 2.46. The zero-order chi connectivity index (χ0) is 11.8. The maximum Gasteiger partial charge on any atom is 0.186 e. The smallest absolute Gasteiger partial charge is 0.186 e. The molecular formula is C12H17N5. The second-order valence-electron chi connectivity index (χ2n) is 4.64. The van der Waals surface area contributed by atoms with Crippen molar-refractivity contribution < 1.29 is 0 Å². The molecule has 0 amide bonds. The summed E-state index contributed by atoms with van der Waals surface area (Å²) in [5, 5.41) is 8.41. The van der Waals surface area contributed by atoms with Gasteiger partial charge in [0.15, 0.2) is 5.65 Å². The maximum absolute atomic E-state index is 4.47. The molecule has 17 heavy (non-hydrogen) atoms. The van der Waals surface area contributed by atoms with E-state index in [1.807, 2.05) is 0 Å². The molecule has 3 heterocycles. The molecule has 0 unspecified atom stereocenters. The van der Waals surface area contributed by atoms with Crippen LogP contribution in [0.4, 0.5) is 5.82 Å². The summed E-state index contributed by atoms with van der Waals surface area (Å²) in [6.45, 7) is 5.46.